The number of nitrogens with zero attached hydrogens (tertiary/aromatic N) is 2. The lowest BCUT2D eigenvalue weighted by molar-refractivity contribution is -0.140. The normalized spacial score (nSPS) is 16.9. The number of piperazine rings is 1. The van der Waals surface area contributed by atoms with Gasteiger partial charge in [0.25, 0.3) is 0 Å². The van der Waals surface area contributed by atoms with Crippen LogP contribution in [0.15, 0.2) is 114 Å². The van der Waals surface area contributed by atoms with Gasteiger partial charge < -0.3 is 14.9 Å². The molecule has 1 amide bonds. The molecule has 3 aromatic carbocycles. The molecule has 0 bridgehead atoms. The molecule has 202 valence electrons. The van der Waals surface area contributed by atoms with Crippen LogP contribution in [0.3, 0.4) is 0 Å². The molecular weight excluding hydrogens is 504 g/mol. The molecule has 1 unspecified atom stereocenters. The van der Waals surface area contributed by atoms with Crippen molar-refractivity contribution in [2.24, 2.45) is 0 Å². The molecule has 0 aliphatic carbocycles. The number of carbonyl (C=O) groups excluding carboxylic acids is 1. The van der Waals surface area contributed by atoms with Crippen LogP contribution in [0.25, 0.3) is 0 Å². The predicted molar refractivity (Wildman–Crippen MR) is 161 cm³/mol. The third-order valence-electron chi connectivity index (χ3n) is 7.44. The predicted octanol–water partition coefficient (Wildman–Crippen LogP) is 7.36. The molecule has 1 saturated heterocycles. The van der Waals surface area contributed by atoms with E-state index in [2.05, 4.69) is 53.4 Å². The quantitative estimate of drug-likeness (QED) is 0.288. The summed E-state index contributed by atoms with van der Waals surface area (Å²) >= 11 is 6.50. The minimum absolute atomic E-state index is 0.0932. The molecule has 4 nitrogen and oxygen atoms in total. The highest BCUT2D eigenvalue weighted by atomic mass is 35.5. The maximum Gasteiger partial charge on any atom is 0.245 e. The second kappa shape index (κ2) is 13.3. The van der Waals surface area contributed by atoms with Crippen LogP contribution in [-0.4, -0.2) is 46.5 Å². The number of halogens is 1. The first-order valence-corrected chi connectivity index (χ1v) is 13.9. The van der Waals surface area contributed by atoms with Crippen LogP contribution in [0, 0.1) is 0 Å². The number of carbonyl (C=O) groups is 1. The van der Waals surface area contributed by atoms with Gasteiger partial charge in [-0.3, -0.25) is 4.79 Å². The van der Waals surface area contributed by atoms with E-state index in [0.717, 1.165) is 11.3 Å². The third-order valence-corrected chi connectivity index (χ3v) is 7.80. The third kappa shape index (κ3) is 6.82. The lowest BCUT2D eigenvalue weighted by atomic mass is 9.90. The lowest BCUT2D eigenvalue weighted by Crippen LogP contribution is -2.56. The molecule has 1 fully saturated rings. The first-order valence-electron chi connectivity index (χ1n) is 13.5. The van der Waals surface area contributed by atoms with Crippen molar-refractivity contribution < 1.29 is 9.90 Å². The number of aromatic hydroxyl groups is 1. The Balaban J connectivity index is 1.62. The minimum Gasteiger partial charge on any atom is -0.508 e. The second-order valence-electron chi connectivity index (χ2n) is 9.96. The highest BCUT2D eigenvalue weighted by Crippen LogP contribution is 2.33. The molecule has 1 atom stereocenters. The summed E-state index contributed by atoms with van der Waals surface area (Å²) in [6, 6.07) is 25.7. The van der Waals surface area contributed by atoms with Crippen molar-refractivity contribution in [1.82, 2.24) is 9.80 Å². The van der Waals surface area contributed by atoms with Crippen molar-refractivity contribution in [2.75, 3.05) is 19.6 Å². The zero-order chi connectivity index (χ0) is 27.8. The first kappa shape index (κ1) is 28.3. The van der Waals surface area contributed by atoms with Gasteiger partial charge in [-0.05, 0) is 49.6 Å². The maximum absolute atomic E-state index is 13.9. The van der Waals surface area contributed by atoms with Gasteiger partial charge in [-0.2, -0.15) is 0 Å². The van der Waals surface area contributed by atoms with E-state index in [0.29, 0.717) is 36.6 Å². The van der Waals surface area contributed by atoms with Crippen molar-refractivity contribution in [2.45, 2.75) is 39.2 Å². The number of rotatable bonds is 9. The zero-order valence-corrected chi connectivity index (χ0v) is 23.7. The summed E-state index contributed by atoms with van der Waals surface area (Å²) in [5, 5.41) is 11.1. The molecule has 0 aromatic heterocycles. The Bertz CT molecular complexity index is 1290. The molecule has 39 heavy (non-hydrogen) atoms. The van der Waals surface area contributed by atoms with Crippen LogP contribution >= 0.6 is 11.6 Å². The van der Waals surface area contributed by atoms with Crippen molar-refractivity contribution >= 4 is 17.5 Å². The summed E-state index contributed by atoms with van der Waals surface area (Å²) in [5.74, 6) is 0.358. The highest BCUT2D eigenvalue weighted by Gasteiger charge is 2.35. The Kier molecular flexibility index (Phi) is 9.67. The molecule has 5 heteroatoms. The monoisotopic (exact) mass is 540 g/mol. The number of amides is 1. The van der Waals surface area contributed by atoms with Crippen molar-refractivity contribution in [3.05, 3.63) is 136 Å². The summed E-state index contributed by atoms with van der Waals surface area (Å²) in [5.41, 5.74) is 5.09. The zero-order valence-electron chi connectivity index (χ0n) is 22.9. The van der Waals surface area contributed by atoms with Crippen LogP contribution in [0.1, 0.15) is 43.4 Å². The standard InChI is InChI=1S/C34H37ClN2O2/c1-4-5-8-14-25(2)32(23-29-31(35)19-13-20-33(29)38)37-22-21-36(34(39)26(37)3)24-30(27-15-9-6-10-16-27)28-17-11-7-12-18-28/h4-20,26,30,38H,21-24H2,1-3H3/b5-4-,14-8-,32-25+. The van der Waals surface area contributed by atoms with Gasteiger partial charge >= 0.3 is 0 Å². The van der Waals surface area contributed by atoms with E-state index in [4.69, 9.17) is 11.6 Å². The summed E-state index contributed by atoms with van der Waals surface area (Å²) in [4.78, 5) is 18.0. The smallest absolute Gasteiger partial charge is 0.245 e. The van der Waals surface area contributed by atoms with Gasteiger partial charge in [0.15, 0.2) is 0 Å². The molecule has 0 spiro atoms. The number of hydrogen-bond acceptors (Lipinski definition) is 3. The topological polar surface area (TPSA) is 43.8 Å². The van der Waals surface area contributed by atoms with E-state index >= 15 is 0 Å². The summed E-state index contributed by atoms with van der Waals surface area (Å²) in [7, 11) is 0. The fourth-order valence-corrected chi connectivity index (χ4v) is 5.47. The Morgan fingerprint density at radius 1 is 0.974 bits per heavy atom. The van der Waals surface area contributed by atoms with E-state index in [1.165, 1.54) is 11.1 Å². The van der Waals surface area contributed by atoms with Gasteiger partial charge in [0.1, 0.15) is 11.8 Å². The average Bonchev–Trinajstić information content (AvgIpc) is 2.95. The van der Waals surface area contributed by atoms with E-state index in [1.807, 2.05) is 62.1 Å². The van der Waals surface area contributed by atoms with Crippen LogP contribution < -0.4 is 0 Å². The number of allylic oxidation sites excluding steroid dienone is 6. The first-order chi connectivity index (χ1) is 18.9. The molecular formula is C34H37ClN2O2. The van der Waals surface area contributed by atoms with Crippen LogP contribution in [0.5, 0.6) is 5.75 Å². The summed E-state index contributed by atoms with van der Waals surface area (Å²) < 4.78 is 0. The van der Waals surface area contributed by atoms with Crippen molar-refractivity contribution in [3.63, 3.8) is 0 Å². The fraction of sp³-hybridized carbons (Fsp3) is 0.265. The maximum atomic E-state index is 13.9. The van der Waals surface area contributed by atoms with Gasteiger partial charge in [0.2, 0.25) is 5.91 Å². The lowest BCUT2D eigenvalue weighted by Gasteiger charge is -2.43. The molecule has 1 N–H and O–H groups in total. The Labute approximate surface area is 237 Å². The Hall–Kier alpha value is -3.76. The fourth-order valence-electron chi connectivity index (χ4n) is 5.24. The van der Waals surface area contributed by atoms with Gasteiger partial charge in [-0.25, -0.2) is 0 Å². The van der Waals surface area contributed by atoms with Crippen LogP contribution in [0.2, 0.25) is 5.02 Å². The SMILES string of the molecule is C\C=C/C=C\C(C)=C(/Cc1c(O)cccc1Cl)N1CCN(CC(c2ccccc2)c2ccccc2)C(=O)C1C. The van der Waals surface area contributed by atoms with Crippen molar-refractivity contribution in [3.8, 4) is 5.75 Å². The Morgan fingerprint density at radius 2 is 1.62 bits per heavy atom. The largest absolute Gasteiger partial charge is 0.508 e. The molecule has 1 aliphatic heterocycles. The number of hydrogen-bond donors (Lipinski definition) is 1. The summed E-state index contributed by atoms with van der Waals surface area (Å²) in [6.45, 7) is 7.93. The van der Waals surface area contributed by atoms with E-state index in [9.17, 15) is 9.90 Å². The van der Waals surface area contributed by atoms with E-state index in [1.54, 1.807) is 18.2 Å². The van der Waals surface area contributed by atoms with Gasteiger partial charge in [-0.1, -0.05) is 103 Å². The molecule has 1 heterocycles. The van der Waals surface area contributed by atoms with Gasteiger partial charge in [0.05, 0.1) is 0 Å². The molecule has 3 aromatic rings. The number of phenolic OH excluding ortho intramolecular Hbond substituents is 1. The number of benzene rings is 3. The minimum atomic E-state index is -0.351. The molecule has 4 rings (SSSR count). The number of phenols is 1. The van der Waals surface area contributed by atoms with E-state index in [-0.39, 0.29) is 23.6 Å². The Morgan fingerprint density at radius 3 is 2.21 bits per heavy atom. The van der Waals surface area contributed by atoms with Crippen molar-refractivity contribution in [1.29, 1.82) is 0 Å². The molecule has 1 aliphatic rings. The molecule has 0 radical (unpaired) electrons. The average molecular weight is 541 g/mol. The van der Waals surface area contributed by atoms with Crippen LogP contribution in [0.4, 0.5) is 0 Å². The van der Waals surface area contributed by atoms with E-state index < -0.39 is 0 Å². The van der Waals surface area contributed by atoms with Gasteiger partial charge in [0, 0.05) is 48.3 Å². The van der Waals surface area contributed by atoms with Crippen LogP contribution in [-0.2, 0) is 11.2 Å². The summed E-state index contributed by atoms with van der Waals surface area (Å²) in [6.07, 6.45) is 8.44. The second-order valence-corrected chi connectivity index (χ2v) is 10.4. The van der Waals surface area contributed by atoms with Gasteiger partial charge in [-0.15, -0.1) is 0 Å². The molecule has 0 saturated carbocycles. The highest BCUT2D eigenvalue weighted by molar-refractivity contribution is 6.31.